The molecular formula is C28H30N6O3. The molecule has 0 spiro atoms. The first-order valence-electron chi connectivity index (χ1n) is 13.1. The second-order valence-corrected chi connectivity index (χ2v) is 10.6. The summed E-state index contributed by atoms with van der Waals surface area (Å²) in [4.78, 5) is 38.7. The Balaban J connectivity index is 1.24. The number of amides is 1. The summed E-state index contributed by atoms with van der Waals surface area (Å²) in [5.41, 5.74) is 5.39. The molecule has 9 nitrogen and oxygen atoms in total. The predicted octanol–water partition coefficient (Wildman–Crippen LogP) is 2.82. The molecule has 1 amide bonds. The van der Waals surface area contributed by atoms with Crippen LogP contribution in [0.5, 0.6) is 0 Å². The molecule has 2 saturated heterocycles. The van der Waals surface area contributed by atoms with Crippen LogP contribution in [-0.2, 0) is 17.7 Å². The Morgan fingerprint density at radius 1 is 1.05 bits per heavy atom. The van der Waals surface area contributed by atoms with Gasteiger partial charge in [0.05, 0.1) is 34.4 Å². The molecule has 1 N–H and O–H groups in total. The Hall–Kier alpha value is -3.56. The largest absolute Gasteiger partial charge is 0.381 e. The van der Waals surface area contributed by atoms with Gasteiger partial charge in [0, 0.05) is 62.6 Å². The van der Waals surface area contributed by atoms with Gasteiger partial charge >= 0.3 is 0 Å². The number of carbonyl (C=O) groups excluding carboxylic acids is 1. The molecule has 0 bridgehead atoms. The summed E-state index contributed by atoms with van der Waals surface area (Å²) >= 11 is 0. The van der Waals surface area contributed by atoms with Gasteiger partial charge in [-0.3, -0.25) is 24.2 Å². The number of hydrogen-bond donors (Lipinski definition) is 1. The van der Waals surface area contributed by atoms with Crippen LogP contribution in [0.15, 0.2) is 41.5 Å². The van der Waals surface area contributed by atoms with E-state index in [9.17, 15) is 9.59 Å². The van der Waals surface area contributed by atoms with E-state index in [2.05, 4.69) is 32.1 Å². The zero-order valence-corrected chi connectivity index (χ0v) is 20.9. The van der Waals surface area contributed by atoms with Crippen LogP contribution in [0.1, 0.15) is 46.1 Å². The van der Waals surface area contributed by atoms with Gasteiger partial charge in [0.25, 0.3) is 11.5 Å². The van der Waals surface area contributed by atoms with Gasteiger partial charge in [0.1, 0.15) is 0 Å². The van der Waals surface area contributed by atoms with Crippen molar-refractivity contribution in [1.82, 2.24) is 29.5 Å². The molecule has 0 aliphatic carbocycles. The van der Waals surface area contributed by atoms with Gasteiger partial charge in [0.15, 0.2) is 0 Å². The number of nitrogens with one attached hydrogen (secondary N) is 1. The van der Waals surface area contributed by atoms with E-state index >= 15 is 0 Å². The second kappa shape index (κ2) is 8.78. The van der Waals surface area contributed by atoms with Crippen molar-refractivity contribution >= 4 is 27.7 Å². The minimum Gasteiger partial charge on any atom is -0.381 e. The predicted molar refractivity (Wildman–Crippen MR) is 140 cm³/mol. The van der Waals surface area contributed by atoms with Gasteiger partial charge in [-0.15, -0.1) is 0 Å². The molecule has 0 saturated carbocycles. The van der Waals surface area contributed by atoms with Crippen LogP contribution < -0.4 is 5.56 Å². The minimum absolute atomic E-state index is 0.0812. The number of pyridine rings is 2. The van der Waals surface area contributed by atoms with Gasteiger partial charge in [-0.1, -0.05) is 6.07 Å². The Labute approximate surface area is 214 Å². The zero-order chi connectivity index (χ0) is 25.1. The fourth-order valence-corrected chi connectivity index (χ4v) is 6.24. The summed E-state index contributed by atoms with van der Waals surface area (Å²) in [5.74, 6) is 0.0812. The summed E-state index contributed by atoms with van der Waals surface area (Å²) in [5, 5.41) is 6.06. The Bertz CT molecular complexity index is 1570. The Morgan fingerprint density at radius 2 is 1.92 bits per heavy atom. The summed E-state index contributed by atoms with van der Waals surface area (Å²) in [7, 11) is 0. The number of ether oxygens (including phenoxy) is 1. The molecule has 6 heterocycles. The number of aryl methyl sites for hydroxylation is 1. The van der Waals surface area contributed by atoms with Crippen LogP contribution >= 0.6 is 0 Å². The summed E-state index contributed by atoms with van der Waals surface area (Å²) in [6.07, 6.45) is 6.05. The number of benzene rings is 1. The number of aromatic amines is 1. The molecule has 9 heteroatoms. The molecule has 190 valence electrons. The first kappa shape index (κ1) is 22.6. The quantitative estimate of drug-likeness (QED) is 0.467. The summed E-state index contributed by atoms with van der Waals surface area (Å²) < 4.78 is 7.52. The Morgan fingerprint density at radius 3 is 2.73 bits per heavy atom. The van der Waals surface area contributed by atoms with Crippen molar-refractivity contribution in [2.24, 2.45) is 0 Å². The van der Waals surface area contributed by atoms with E-state index in [1.807, 2.05) is 34.8 Å². The van der Waals surface area contributed by atoms with E-state index in [1.165, 1.54) is 0 Å². The maximum Gasteiger partial charge on any atom is 0.259 e. The molecule has 4 aromatic rings. The van der Waals surface area contributed by atoms with E-state index < -0.39 is 0 Å². The van der Waals surface area contributed by atoms with E-state index in [4.69, 9.17) is 4.74 Å². The van der Waals surface area contributed by atoms with Crippen molar-refractivity contribution in [2.75, 3.05) is 32.8 Å². The number of carbonyl (C=O) groups is 1. The third-order valence-electron chi connectivity index (χ3n) is 8.20. The van der Waals surface area contributed by atoms with Crippen LogP contribution in [-0.4, -0.2) is 74.3 Å². The van der Waals surface area contributed by atoms with Crippen molar-refractivity contribution in [3.8, 4) is 0 Å². The average Bonchev–Trinajstić information content (AvgIpc) is 3.36. The van der Waals surface area contributed by atoms with Crippen LogP contribution in [0.4, 0.5) is 0 Å². The van der Waals surface area contributed by atoms with Crippen molar-refractivity contribution in [3.05, 3.63) is 69.4 Å². The highest BCUT2D eigenvalue weighted by molar-refractivity contribution is 6.08. The standard InChI is InChI=1S/C28H30N6O3/c1-17-2-3-19(29-13-17)15-32-6-7-33-21(16-32)10-18-11-25-23(12-22(18)28(33)36)26-24(27(35)31-25)14-30-34(26)20-4-8-37-9-5-20/h2-3,11-14,20-21H,4-10,15-16H2,1H3,(H,31,35). The fourth-order valence-electron chi connectivity index (χ4n) is 6.24. The maximum atomic E-state index is 13.7. The number of nitrogens with zero attached hydrogens (tertiary/aromatic N) is 5. The number of H-pyrrole nitrogens is 1. The summed E-state index contributed by atoms with van der Waals surface area (Å²) in [6.45, 7) is 6.54. The number of piperazine rings is 1. The fraction of sp³-hybridized carbons (Fsp3) is 0.429. The molecule has 0 radical (unpaired) electrons. The third-order valence-corrected chi connectivity index (χ3v) is 8.20. The highest BCUT2D eigenvalue weighted by atomic mass is 16.5. The van der Waals surface area contributed by atoms with Crippen molar-refractivity contribution in [1.29, 1.82) is 0 Å². The van der Waals surface area contributed by atoms with E-state index in [0.29, 0.717) is 25.1 Å². The van der Waals surface area contributed by atoms with E-state index in [1.54, 1.807) is 6.20 Å². The van der Waals surface area contributed by atoms with Crippen molar-refractivity contribution in [2.45, 2.75) is 44.8 Å². The first-order chi connectivity index (χ1) is 18.0. The smallest absolute Gasteiger partial charge is 0.259 e. The maximum absolute atomic E-state index is 13.7. The minimum atomic E-state index is -0.140. The molecule has 3 aromatic heterocycles. The van der Waals surface area contributed by atoms with E-state index in [-0.39, 0.29) is 23.6 Å². The third kappa shape index (κ3) is 3.84. The van der Waals surface area contributed by atoms with Crippen LogP contribution in [0.25, 0.3) is 21.8 Å². The molecule has 1 unspecified atom stereocenters. The number of rotatable bonds is 3. The molecule has 1 aromatic carbocycles. The van der Waals surface area contributed by atoms with Gasteiger partial charge < -0.3 is 14.6 Å². The van der Waals surface area contributed by atoms with Crippen molar-refractivity contribution < 1.29 is 9.53 Å². The molecule has 37 heavy (non-hydrogen) atoms. The number of fused-ring (bicyclic) bond motifs is 5. The SMILES string of the molecule is Cc1ccc(CN2CCN3C(=O)c4cc5c(cc4CC3C2)[nH]c(=O)c2cnn(C3CCOCC3)c25)nc1. The van der Waals surface area contributed by atoms with Gasteiger partial charge in [-0.2, -0.15) is 5.10 Å². The first-order valence-corrected chi connectivity index (χ1v) is 13.1. The molecular weight excluding hydrogens is 468 g/mol. The highest BCUT2D eigenvalue weighted by Gasteiger charge is 2.37. The van der Waals surface area contributed by atoms with E-state index in [0.717, 1.165) is 77.7 Å². The lowest BCUT2D eigenvalue weighted by atomic mass is 9.90. The van der Waals surface area contributed by atoms with Crippen molar-refractivity contribution in [3.63, 3.8) is 0 Å². The normalized spacial score (nSPS) is 20.9. The van der Waals surface area contributed by atoms with Gasteiger partial charge in [-0.25, -0.2) is 0 Å². The highest BCUT2D eigenvalue weighted by Crippen LogP contribution is 2.33. The Kier molecular flexibility index (Phi) is 5.37. The van der Waals surface area contributed by atoms with Gasteiger partial charge in [-0.05, 0) is 55.5 Å². The van der Waals surface area contributed by atoms with Crippen LogP contribution in [0, 0.1) is 6.92 Å². The second-order valence-electron chi connectivity index (χ2n) is 10.6. The number of aromatic nitrogens is 4. The van der Waals surface area contributed by atoms with Crippen LogP contribution in [0.3, 0.4) is 0 Å². The lowest BCUT2D eigenvalue weighted by molar-refractivity contribution is 0.0400. The topological polar surface area (TPSA) is 96.4 Å². The number of hydrogen-bond acceptors (Lipinski definition) is 6. The lowest BCUT2D eigenvalue weighted by Crippen LogP contribution is -2.57. The monoisotopic (exact) mass is 498 g/mol. The lowest BCUT2D eigenvalue weighted by Gasteiger charge is -2.44. The van der Waals surface area contributed by atoms with Crippen LogP contribution in [0.2, 0.25) is 0 Å². The zero-order valence-electron chi connectivity index (χ0n) is 20.9. The van der Waals surface area contributed by atoms with Gasteiger partial charge in [0.2, 0.25) is 0 Å². The molecule has 3 aliphatic heterocycles. The molecule has 7 rings (SSSR count). The average molecular weight is 499 g/mol. The molecule has 3 aliphatic rings. The summed E-state index contributed by atoms with van der Waals surface area (Å²) in [6, 6.07) is 8.47. The molecule has 1 atom stereocenters. The molecule has 2 fully saturated rings.